The molecule has 2 rings (SSSR count). The SMILES string of the molecule is Cc1c(N(C)C)ccc2[nH]c(=O)oc(=O)c12. The molecule has 1 aromatic carbocycles. The van der Waals surface area contributed by atoms with Crippen LogP contribution in [0.4, 0.5) is 5.69 Å². The zero-order valence-corrected chi connectivity index (χ0v) is 9.33. The highest BCUT2D eigenvalue weighted by atomic mass is 16.4. The Hall–Kier alpha value is -2.04. The number of benzene rings is 1. The number of aromatic amines is 1. The van der Waals surface area contributed by atoms with Gasteiger partial charge in [-0.2, -0.15) is 0 Å². The number of rotatable bonds is 1. The van der Waals surface area contributed by atoms with Gasteiger partial charge in [-0.1, -0.05) is 0 Å². The second-order valence-electron chi connectivity index (χ2n) is 3.83. The lowest BCUT2D eigenvalue weighted by Crippen LogP contribution is -2.17. The summed E-state index contributed by atoms with van der Waals surface area (Å²) in [5.41, 5.74) is 1.63. The molecule has 0 spiro atoms. The van der Waals surface area contributed by atoms with Gasteiger partial charge in [-0.15, -0.1) is 0 Å². The zero-order chi connectivity index (χ0) is 11.9. The van der Waals surface area contributed by atoms with Crippen molar-refractivity contribution in [3.8, 4) is 0 Å². The van der Waals surface area contributed by atoms with Crippen molar-refractivity contribution < 1.29 is 4.42 Å². The Morgan fingerprint density at radius 3 is 2.56 bits per heavy atom. The quantitative estimate of drug-likeness (QED) is 0.773. The molecule has 1 aromatic heterocycles. The van der Waals surface area contributed by atoms with E-state index in [-0.39, 0.29) is 0 Å². The van der Waals surface area contributed by atoms with Gasteiger partial charge in [-0.3, -0.25) is 4.98 Å². The van der Waals surface area contributed by atoms with Crippen LogP contribution in [-0.4, -0.2) is 19.1 Å². The summed E-state index contributed by atoms with van der Waals surface area (Å²) in [5, 5.41) is 0.422. The number of nitrogens with zero attached hydrogens (tertiary/aromatic N) is 1. The third-order valence-electron chi connectivity index (χ3n) is 2.54. The predicted molar refractivity (Wildman–Crippen MR) is 62.2 cm³/mol. The molecule has 0 bridgehead atoms. The van der Waals surface area contributed by atoms with Crippen LogP contribution in [0, 0.1) is 6.92 Å². The Balaban J connectivity index is 2.95. The van der Waals surface area contributed by atoms with E-state index < -0.39 is 11.4 Å². The van der Waals surface area contributed by atoms with E-state index in [0.717, 1.165) is 11.3 Å². The molecule has 0 atom stereocenters. The molecule has 0 saturated carbocycles. The lowest BCUT2D eigenvalue weighted by atomic mass is 10.1. The van der Waals surface area contributed by atoms with E-state index >= 15 is 0 Å². The molecule has 1 heterocycles. The van der Waals surface area contributed by atoms with Gasteiger partial charge in [0.25, 0.3) is 0 Å². The number of hydrogen-bond acceptors (Lipinski definition) is 4. The van der Waals surface area contributed by atoms with Gasteiger partial charge in [0.05, 0.1) is 10.9 Å². The average Bonchev–Trinajstić information content (AvgIpc) is 2.15. The van der Waals surface area contributed by atoms with Gasteiger partial charge in [0.15, 0.2) is 0 Å². The second-order valence-corrected chi connectivity index (χ2v) is 3.83. The fraction of sp³-hybridized carbons (Fsp3) is 0.273. The van der Waals surface area contributed by atoms with Crippen LogP contribution in [0.2, 0.25) is 0 Å². The zero-order valence-electron chi connectivity index (χ0n) is 9.33. The van der Waals surface area contributed by atoms with Gasteiger partial charge in [0.1, 0.15) is 0 Å². The normalized spacial score (nSPS) is 10.7. The largest absolute Gasteiger partial charge is 0.419 e. The van der Waals surface area contributed by atoms with Crippen molar-refractivity contribution in [3.05, 3.63) is 38.7 Å². The van der Waals surface area contributed by atoms with Crippen molar-refractivity contribution in [1.82, 2.24) is 4.98 Å². The lowest BCUT2D eigenvalue weighted by Gasteiger charge is -2.16. The maximum atomic E-state index is 11.6. The van der Waals surface area contributed by atoms with Crippen molar-refractivity contribution >= 4 is 16.6 Å². The first kappa shape index (κ1) is 10.5. The van der Waals surface area contributed by atoms with Crippen molar-refractivity contribution in [3.63, 3.8) is 0 Å². The summed E-state index contributed by atoms with van der Waals surface area (Å²) in [5.74, 6) is -0.727. The third-order valence-corrected chi connectivity index (χ3v) is 2.54. The molecule has 0 aliphatic heterocycles. The van der Waals surface area contributed by atoms with E-state index in [0.29, 0.717) is 10.9 Å². The van der Waals surface area contributed by atoms with Crippen molar-refractivity contribution in [2.75, 3.05) is 19.0 Å². The maximum Gasteiger partial charge on any atom is 0.419 e. The molecule has 5 heteroatoms. The molecule has 0 aliphatic carbocycles. The molecule has 0 aliphatic rings. The van der Waals surface area contributed by atoms with E-state index in [4.69, 9.17) is 0 Å². The van der Waals surface area contributed by atoms with Gasteiger partial charge in [0, 0.05) is 19.8 Å². The molecule has 0 fully saturated rings. The molecule has 16 heavy (non-hydrogen) atoms. The van der Waals surface area contributed by atoms with Crippen LogP contribution in [0.15, 0.2) is 26.1 Å². The fourth-order valence-corrected chi connectivity index (χ4v) is 1.82. The number of H-pyrrole nitrogens is 1. The predicted octanol–water partition coefficient (Wildman–Crippen LogP) is 0.856. The smallest absolute Gasteiger partial charge is 0.377 e. The third kappa shape index (κ3) is 1.50. The standard InChI is InChI=1S/C11H12N2O3/c1-6-8(13(2)3)5-4-7-9(6)10(14)16-11(15)12-7/h4-5H,1-3H3,(H,12,15). The minimum atomic E-state index is -0.727. The molecule has 0 radical (unpaired) electrons. The van der Waals surface area contributed by atoms with Crippen LogP contribution in [0.25, 0.3) is 10.9 Å². The highest BCUT2D eigenvalue weighted by Crippen LogP contribution is 2.22. The number of hydrogen-bond donors (Lipinski definition) is 1. The van der Waals surface area contributed by atoms with Crippen LogP contribution < -0.4 is 16.3 Å². The number of aryl methyl sites for hydroxylation is 1. The molecule has 0 unspecified atom stereocenters. The monoisotopic (exact) mass is 220 g/mol. The topological polar surface area (TPSA) is 66.3 Å². The number of nitrogens with one attached hydrogen (secondary N) is 1. The highest BCUT2D eigenvalue weighted by Gasteiger charge is 2.10. The van der Waals surface area contributed by atoms with Gasteiger partial charge in [0.2, 0.25) is 0 Å². The van der Waals surface area contributed by atoms with Crippen LogP contribution >= 0.6 is 0 Å². The summed E-state index contributed by atoms with van der Waals surface area (Å²) < 4.78 is 4.52. The Morgan fingerprint density at radius 1 is 1.25 bits per heavy atom. The molecule has 2 aromatic rings. The highest BCUT2D eigenvalue weighted by molar-refractivity contribution is 5.85. The molecule has 84 valence electrons. The summed E-state index contributed by atoms with van der Waals surface area (Å²) in [4.78, 5) is 27.0. The van der Waals surface area contributed by atoms with E-state index in [1.807, 2.05) is 32.0 Å². The van der Waals surface area contributed by atoms with Crippen LogP contribution in [0.3, 0.4) is 0 Å². The van der Waals surface area contributed by atoms with E-state index in [1.54, 1.807) is 6.07 Å². The van der Waals surface area contributed by atoms with Crippen molar-refractivity contribution in [2.24, 2.45) is 0 Å². The molecule has 0 amide bonds. The lowest BCUT2D eigenvalue weighted by molar-refractivity contribution is 0.460. The van der Waals surface area contributed by atoms with Crippen molar-refractivity contribution in [2.45, 2.75) is 6.92 Å². The first-order valence-electron chi connectivity index (χ1n) is 4.85. The number of anilines is 1. The average molecular weight is 220 g/mol. The maximum absolute atomic E-state index is 11.6. The minimum Gasteiger partial charge on any atom is -0.377 e. The van der Waals surface area contributed by atoms with Crippen molar-refractivity contribution in [1.29, 1.82) is 0 Å². The van der Waals surface area contributed by atoms with Gasteiger partial charge in [-0.25, -0.2) is 9.59 Å². The number of aromatic nitrogens is 1. The minimum absolute atomic E-state index is 0.422. The summed E-state index contributed by atoms with van der Waals surface area (Å²) in [7, 11) is 3.78. The Bertz CT molecular complexity index is 652. The molecule has 0 saturated heterocycles. The van der Waals surface area contributed by atoms with E-state index in [2.05, 4.69) is 9.40 Å². The first-order chi connectivity index (χ1) is 7.50. The second kappa shape index (κ2) is 3.52. The summed E-state index contributed by atoms with van der Waals surface area (Å²) >= 11 is 0. The van der Waals surface area contributed by atoms with E-state index in [1.165, 1.54) is 0 Å². The van der Waals surface area contributed by atoms with Crippen LogP contribution in [0.1, 0.15) is 5.56 Å². The Kier molecular flexibility index (Phi) is 2.30. The summed E-state index contributed by atoms with van der Waals surface area (Å²) in [6, 6.07) is 3.56. The molecular formula is C11H12N2O3. The molecular weight excluding hydrogens is 208 g/mol. The van der Waals surface area contributed by atoms with Gasteiger partial charge >= 0.3 is 11.4 Å². The van der Waals surface area contributed by atoms with Gasteiger partial charge in [-0.05, 0) is 24.6 Å². The van der Waals surface area contributed by atoms with Gasteiger partial charge < -0.3 is 9.32 Å². The Morgan fingerprint density at radius 2 is 1.94 bits per heavy atom. The molecule has 5 nitrogen and oxygen atoms in total. The molecule has 1 N–H and O–H groups in total. The number of fused-ring (bicyclic) bond motifs is 1. The summed E-state index contributed by atoms with van der Waals surface area (Å²) in [6.07, 6.45) is 0. The van der Waals surface area contributed by atoms with E-state index in [9.17, 15) is 9.59 Å². The Labute approximate surface area is 91.3 Å². The first-order valence-corrected chi connectivity index (χ1v) is 4.85. The van der Waals surface area contributed by atoms with Crippen LogP contribution in [-0.2, 0) is 0 Å². The van der Waals surface area contributed by atoms with Crippen LogP contribution in [0.5, 0.6) is 0 Å². The fourth-order valence-electron chi connectivity index (χ4n) is 1.82. The summed E-state index contributed by atoms with van der Waals surface area (Å²) in [6.45, 7) is 1.83.